The smallest absolute Gasteiger partial charge is 0.188 e. The van der Waals surface area contributed by atoms with Crippen LogP contribution < -0.4 is 12.4 Å². The lowest BCUT2D eigenvalue weighted by molar-refractivity contribution is -0.114. The van der Waals surface area contributed by atoms with E-state index < -0.39 is 0 Å². The van der Waals surface area contributed by atoms with Gasteiger partial charge in [-0.05, 0) is 26.8 Å². The van der Waals surface area contributed by atoms with E-state index in [-0.39, 0.29) is 18.2 Å². The molecule has 0 aliphatic rings. The molecular weight excluding hydrogens is 220 g/mol. The Morgan fingerprint density at radius 2 is 1.86 bits per heavy atom. The topological polar surface area (TPSA) is 42.9 Å². The first-order chi connectivity index (χ1) is 6.08. The van der Waals surface area contributed by atoms with Crippen LogP contribution in [0.1, 0.15) is 18.3 Å². The zero-order valence-corrected chi connectivity index (χ0v) is 9.95. The summed E-state index contributed by atoms with van der Waals surface area (Å²) in [6.07, 6.45) is 0. The Balaban J connectivity index is 0.00000169. The van der Waals surface area contributed by atoms with Crippen LogP contribution in [0.2, 0.25) is 0 Å². The van der Waals surface area contributed by atoms with Crippen molar-refractivity contribution in [1.29, 1.82) is 0 Å². The van der Waals surface area contributed by atoms with Gasteiger partial charge in [0.05, 0.1) is 5.75 Å². The first-order valence-corrected chi connectivity index (χ1v) is 5.01. The molecule has 1 aromatic heterocycles. The normalized spacial score (nSPS) is 9.36. The second-order valence-corrected chi connectivity index (χ2v) is 3.87. The van der Waals surface area contributed by atoms with Crippen molar-refractivity contribution in [1.82, 2.24) is 9.97 Å². The molecule has 0 spiro atoms. The van der Waals surface area contributed by atoms with Crippen molar-refractivity contribution >= 4 is 17.5 Å². The molecule has 0 atom stereocenters. The average molecular weight is 232 g/mol. The van der Waals surface area contributed by atoms with Crippen LogP contribution in [0, 0.1) is 13.8 Å². The third kappa shape index (κ3) is 4.58. The summed E-state index contributed by atoms with van der Waals surface area (Å²) >= 11 is 1.39. The van der Waals surface area contributed by atoms with Crippen molar-refractivity contribution in [2.24, 2.45) is 0 Å². The minimum absolute atomic E-state index is 0. The van der Waals surface area contributed by atoms with E-state index in [1.165, 1.54) is 11.8 Å². The number of rotatable bonds is 3. The van der Waals surface area contributed by atoms with Gasteiger partial charge in [0.2, 0.25) is 0 Å². The van der Waals surface area contributed by atoms with Crippen LogP contribution in [0.4, 0.5) is 0 Å². The van der Waals surface area contributed by atoms with Crippen molar-refractivity contribution in [3.8, 4) is 0 Å². The molecule has 0 saturated heterocycles. The predicted octanol–water partition coefficient (Wildman–Crippen LogP) is -1.22. The van der Waals surface area contributed by atoms with Crippen LogP contribution >= 0.6 is 11.8 Å². The number of Topliss-reactive ketones (excluding diaryl/α,β-unsaturated/α-hetero) is 1. The molecule has 78 valence electrons. The molecule has 1 rings (SSSR count). The molecule has 0 saturated carbocycles. The number of carbonyl (C=O) groups is 1. The van der Waals surface area contributed by atoms with E-state index in [9.17, 15) is 4.79 Å². The quantitative estimate of drug-likeness (QED) is 0.483. The Morgan fingerprint density at radius 3 is 2.29 bits per heavy atom. The maximum atomic E-state index is 10.7. The molecule has 0 fully saturated rings. The summed E-state index contributed by atoms with van der Waals surface area (Å²) < 4.78 is 0. The summed E-state index contributed by atoms with van der Waals surface area (Å²) in [6.45, 7) is 5.41. The first-order valence-electron chi connectivity index (χ1n) is 4.02. The maximum absolute atomic E-state index is 10.7. The largest absolute Gasteiger partial charge is 1.00 e. The number of nitrogens with zero attached hydrogens (tertiary/aromatic N) is 2. The molecule has 0 amide bonds. The van der Waals surface area contributed by atoms with Gasteiger partial charge in [-0.25, -0.2) is 9.97 Å². The van der Waals surface area contributed by atoms with E-state index in [0.717, 1.165) is 11.4 Å². The highest BCUT2D eigenvalue weighted by Gasteiger charge is 2.01. The Bertz CT molecular complexity index is 310. The minimum Gasteiger partial charge on any atom is -1.00 e. The van der Waals surface area contributed by atoms with Gasteiger partial charge in [0.1, 0.15) is 5.78 Å². The maximum Gasteiger partial charge on any atom is 0.188 e. The highest BCUT2D eigenvalue weighted by Crippen LogP contribution is 2.13. The van der Waals surface area contributed by atoms with E-state index in [1.54, 1.807) is 6.92 Å². The summed E-state index contributed by atoms with van der Waals surface area (Å²) in [7, 11) is 0. The Hall–Kier alpha value is -0.610. The third-order valence-corrected chi connectivity index (χ3v) is 2.36. The molecule has 1 heterocycles. The summed E-state index contributed by atoms with van der Waals surface area (Å²) in [6, 6.07) is 1.91. The number of halogens is 1. The lowest BCUT2D eigenvalue weighted by Gasteiger charge is -2.00. The first kappa shape index (κ1) is 13.4. The fourth-order valence-corrected chi connectivity index (χ4v) is 1.67. The second kappa shape index (κ2) is 5.98. The van der Waals surface area contributed by atoms with Gasteiger partial charge in [0.25, 0.3) is 0 Å². The zero-order chi connectivity index (χ0) is 9.84. The van der Waals surface area contributed by atoms with E-state index in [1.807, 2.05) is 19.9 Å². The summed E-state index contributed by atoms with van der Waals surface area (Å²) in [4.78, 5) is 19.1. The third-order valence-electron chi connectivity index (χ3n) is 1.37. The molecule has 0 N–H and O–H groups in total. The van der Waals surface area contributed by atoms with E-state index in [4.69, 9.17) is 0 Å². The number of aryl methyl sites for hydroxylation is 2. The number of carbonyl (C=O) groups excluding carboxylic acids is 1. The van der Waals surface area contributed by atoms with Gasteiger partial charge >= 0.3 is 0 Å². The van der Waals surface area contributed by atoms with Gasteiger partial charge < -0.3 is 12.4 Å². The standard InChI is InChI=1S/C9H12N2OS.ClH/c1-6-4-7(2)11-9(10-6)13-5-8(3)12;/h4H,5H2,1-3H3;1H/p-1. The van der Waals surface area contributed by atoms with Crippen LogP contribution in [0.3, 0.4) is 0 Å². The molecule has 0 aliphatic carbocycles. The van der Waals surface area contributed by atoms with Crippen molar-refractivity contribution in [2.45, 2.75) is 25.9 Å². The van der Waals surface area contributed by atoms with Crippen molar-refractivity contribution in [2.75, 3.05) is 5.75 Å². The molecule has 0 aromatic carbocycles. The summed E-state index contributed by atoms with van der Waals surface area (Å²) in [5, 5.41) is 0.688. The monoisotopic (exact) mass is 231 g/mol. The minimum atomic E-state index is 0. The highest BCUT2D eigenvalue weighted by atomic mass is 35.5. The van der Waals surface area contributed by atoms with Gasteiger partial charge in [-0.1, -0.05) is 11.8 Å². The van der Waals surface area contributed by atoms with Gasteiger partial charge in [0.15, 0.2) is 5.16 Å². The van der Waals surface area contributed by atoms with Gasteiger partial charge in [0, 0.05) is 11.4 Å². The fraction of sp³-hybridized carbons (Fsp3) is 0.444. The van der Waals surface area contributed by atoms with Crippen molar-refractivity contribution < 1.29 is 17.2 Å². The molecule has 0 radical (unpaired) electrons. The van der Waals surface area contributed by atoms with Gasteiger partial charge in [-0.15, -0.1) is 0 Å². The van der Waals surface area contributed by atoms with Crippen LogP contribution in [-0.2, 0) is 4.79 Å². The molecule has 0 bridgehead atoms. The Kier molecular flexibility index (Phi) is 5.72. The van der Waals surface area contributed by atoms with Crippen LogP contribution in [0.25, 0.3) is 0 Å². The van der Waals surface area contributed by atoms with E-state index in [2.05, 4.69) is 9.97 Å². The van der Waals surface area contributed by atoms with Crippen LogP contribution in [0.5, 0.6) is 0 Å². The molecular formula is C9H12ClN2OS-. The summed E-state index contributed by atoms with van der Waals surface area (Å²) in [5.41, 5.74) is 1.89. The lowest BCUT2D eigenvalue weighted by atomic mass is 10.4. The molecule has 0 unspecified atom stereocenters. The predicted molar refractivity (Wildman–Crippen MR) is 52.9 cm³/mol. The average Bonchev–Trinajstić information content (AvgIpc) is 1.99. The number of hydrogen-bond acceptors (Lipinski definition) is 4. The summed E-state index contributed by atoms with van der Waals surface area (Å²) in [5.74, 6) is 0.593. The van der Waals surface area contributed by atoms with E-state index in [0.29, 0.717) is 10.9 Å². The lowest BCUT2D eigenvalue weighted by Crippen LogP contribution is -3.00. The van der Waals surface area contributed by atoms with Crippen molar-refractivity contribution in [3.63, 3.8) is 0 Å². The van der Waals surface area contributed by atoms with E-state index >= 15 is 0 Å². The van der Waals surface area contributed by atoms with Gasteiger partial charge in [-0.3, -0.25) is 4.79 Å². The number of ketones is 1. The van der Waals surface area contributed by atoms with Crippen LogP contribution in [-0.4, -0.2) is 21.5 Å². The number of thioether (sulfide) groups is 1. The van der Waals surface area contributed by atoms with Gasteiger partial charge in [-0.2, -0.15) is 0 Å². The number of hydrogen-bond donors (Lipinski definition) is 0. The highest BCUT2D eigenvalue weighted by molar-refractivity contribution is 7.99. The molecule has 14 heavy (non-hydrogen) atoms. The fourth-order valence-electron chi connectivity index (χ4n) is 0.924. The second-order valence-electron chi connectivity index (χ2n) is 2.92. The number of aromatic nitrogens is 2. The Morgan fingerprint density at radius 1 is 1.36 bits per heavy atom. The van der Waals surface area contributed by atoms with Crippen molar-refractivity contribution in [3.05, 3.63) is 17.5 Å². The SMILES string of the molecule is CC(=O)CSc1nc(C)cc(C)n1.[Cl-]. The zero-order valence-electron chi connectivity index (χ0n) is 8.37. The van der Waals surface area contributed by atoms with Crippen LogP contribution in [0.15, 0.2) is 11.2 Å². The molecule has 3 nitrogen and oxygen atoms in total. The molecule has 5 heteroatoms. The Labute approximate surface area is 94.1 Å². The molecule has 0 aliphatic heterocycles. The molecule has 1 aromatic rings.